The van der Waals surface area contributed by atoms with Crippen LogP contribution in [0.1, 0.15) is 33.1 Å². The topological polar surface area (TPSA) is 21.3 Å². The molecular formula is C12H25NOS. The average molecular weight is 231 g/mol. The second-order valence-corrected chi connectivity index (χ2v) is 5.92. The van der Waals surface area contributed by atoms with Crippen molar-refractivity contribution in [3.63, 3.8) is 0 Å². The molecule has 0 spiro atoms. The monoisotopic (exact) mass is 231 g/mol. The lowest BCUT2D eigenvalue weighted by Crippen LogP contribution is -2.34. The van der Waals surface area contributed by atoms with Gasteiger partial charge in [-0.2, -0.15) is 11.8 Å². The van der Waals surface area contributed by atoms with E-state index in [9.17, 15) is 0 Å². The molecule has 3 heteroatoms. The molecule has 2 nitrogen and oxygen atoms in total. The van der Waals surface area contributed by atoms with Gasteiger partial charge >= 0.3 is 0 Å². The second-order valence-electron chi connectivity index (χ2n) is 4.65. The van der Waals surface area contributed by atoms with Crippen molar-refractivity contribution in [3.05, 3.63) is 0 Å². The fraction of sp³-hybridized carbons (Fsp3) is 1.00. The van der Waals surface area contributed by atoms with Crippen LogP contribution in [-0.2, 0) is 4.74 Å². The summed E-state index contributed by atoms with van der Waals surface area (Å²) in [5, 5.41) is 4.34. The molecule has 0 aliphatic carbocycles. The molecule has 1 N–H and O–H groups in total. The van der Waals surface area contributed by atoms with Gasteiger partial charge in [-0.05, 0) is 38.4 Å². The van der Waals surface area contributed by atoms with Crippen molar-refractivity contribution in [2.45, 2.75) is 44.4 Å². The highest BCUT2D eigenvalue weighted by molar-refractivity contribution is 7.99. The molecule has 0 aromatic carbocycles. The van der Waals surface area contributed by atoms with Gasteiger partial charge in [0.1, 0.15) is 0 Å². The molecule has 1 fully saturated rings. The van der Waals surface area contributed by atoms with E-state index in [-0.39, 0.29) is 0 Å². The highest BCUT2D eigenvalue weighted by Crippen LogP contribution is 2.20. The molecule has 0 bridgehead atoms. The first-order valence-corrected chi connectivity index (χ1v) is 7.35. The highest BCUT2D eigenvalue weighted by Gasteiger charge is 2.16. The lowest BCUT2D eigenvalue weighted by Gasteiger charge is -2.26. The summed E-state index contributed by atoms with van der Waals surface area (Å²) in [5.41, 5.74) is 0. The van der Waals surface area contributed by atoms with Crippen molar-refractivity contribution in [2.75, 3.05) is 26.0 Å². The van der Waals surface area contributed by atoms with Crippen LogP contribution in [0.4, 0.5) is 0 Å². The lowest BCUT2D eigenvalue weighted by molar-refractivity contribution is 0.0612. The van der Waals surface area contributed by atoms with Crippen LogP contribution >= 0.6 is 11.8 Å². The van der Waals surface area contributed by atoms with Gasteiger partial charge in [0.05, 0.1) is 0 Å². The Morgan fingerprint density at radius 1 is 1.33 bits per heavy atom. The predicted molar refractivity (Wildman–Crippen MR) is 68.6 cm³/mol. The van der Waals surface area contributed by atoms with E-state index in [1.54, 1.807) is 0 Å². The summed E-state index contributed by atoms with van der Waals surface area (Å²) in [6, 6.07) is 0.655. The third kappa shape index (κ3) is 5.79. The van der Waals surface area contributed by atoms with Crippen LogP contribution in [0.25, 0.3) is 0 Å². The van der Waals surface area contributed by atoms with Gasteiger partial charge in [-0.1, -0.05) is 6.92 Å². The van der Waals surface area contributed by atoms with Crippen LogP contribution in [0.3, 0.4) is 0 Å². The van der Waals surface area contributed by atoms with E-state index in [1.807, 2.05) is 11.8 Å². The highest BCUT2D eigenvalue weighted by atomic mass is 32.2. The quantitative estimate of drug-likeness (QED) is 0.759. The van der Waals surface area contributed by atoms with Crippen molar-refractivity contribution >= 4 is 11.8 Å². The third-order valence-electron chi connectivity index (χ3n) is 3.18. The minimum Gasteiger partial charge on any atom is -0.381 e. The Balaban J connectivity index is 2.08. The minimum atomic E-state index is 0.655. The van der Waals surface area contributed by atoms with E-state index in [4.69, 9.17) is 4.74 Å². The Bertz CT molecular complexity index is 160. The zero-order valence-electron chi connectivity index (χ0n) is 10.3. The Morgan fingerprint density at radius 2 is 2.00 bits per heavy atom. The van der Waals surface area contributed by atoms with Crippen molar-refractivity contribution in [3.8, 4) is 0 Å². The molecule has 1 rings (SSSR count). The molecule has 0 radical (unpaired) electrons. The molecule has 0 aromatic rings. The van der Waals surface area contributed by atoms with Gasteiger partial charge in [0, 0.05) is 31.1 Å². The van der Waals surface area contributed by atoms with Crippen LogP contribution < -0.4 is 5.32 Å². The van der Waals surface area contributed by atoms with Crippen molar-refractivity contribution in [2.24, 2.45) is 5.92 Å². The van der Waals surface area contributed by atoms with Gasteiger partial charge < -0.3 is 10.1 Å². The zero-order valence-corrected chi connectivity index (χ0v) is 11.1. The summed E-state index contributed by atoms with van der Waals surface area (Å²) >= 11 is 1.93. The maximum absolute atomic E-state index is 5.37. The third-order valence-corrected chi connectivity index (χ3v) is 4.16. The van der Waals surface area contributed by atoms with Gasteiger partial charge in [0.15, 0.2) is 0 Å². The second kappa shape index (κ2) is 7.53. The first kappa shape index (κ1) is 13.3. The maximum atomic E-state index is 5.37. The Hall–Kier alpha value is 0.270. The maximum Gasteiger partial charge on any atom is 0.0468 e. The van der Waals surface area contributed by atoms with E-state index in [2.05, 4.69) is 25.4 Å². The summed E-state index contributed by atoms with van der Waals surface area (Å²) in [6.07, 6.45) is 5.99. The summed E-state index contributed by atoms with van der Waals surface area (Å²) in [7, 11) is 0. The largest absolute Gasteiger partial charge is 0.381 e. The van der Waals surface area contributed by atoms with Gasteiger partial charge in [-0.15, -0.1) is 0 Å². The minimum absolute atomic E-state index is 0.655. The number of ether oxygens (including phenoxy) is 1. The van der Waals surface area contributed by atoms with Gasteiger partial charge in [0.25, 0.3) is 0 Å². The fourth-order valence-electron chi connectivity index (χ4n) is 2.02. The average Bonchev–Trinajstić information content (AvgIpc) is 2.27. The smallest absolute Gasteiger partial charge is 0.0468 e. The lowest BCUT2D eigenvalue weighted by atomic mass is 9.93. The van der Waals surface area contributed by atoms with Gasteiger partial charge in [-0.25, -0.2) is 0 Å². The first-order valence-electron chi connectivity index (χ1n) is 6.06. The van der Waals surface area contributed by atoms with Crippen LogP contribution in [0.2, 0.25) is 0 Å². The number of rotatable bonds is 6. The first-order chi connectivity index (χ1) is 7.22. The number of hydrogen-bond donors (Lipinski definition) is 1. The Kier molecular flexibility index (Phi) is 6.69. The molecule has 90 valence electrons. The Labute approximate surface area is 98.5 Å². The standard InChI is InChI=1S/C12H25NOS/c1-10(13-9-11(2)15-3)8-12-4-6-14-7-5-12/h10-13H,4-9H2,1-3H3. The summed E-state index contributed by atoms with van der Waals surface area (Å²) in [5.74, 6) is 0.880. The zero-order chi connectivity index (χ0) is 11.1. The molecule has 1 aliphatic heterocycles. The summed E-state index contributed by atoms with van der Waals surface area (Å²) < 4.78 is 5.37. The van der Waals surface area contributed by atoms with Crippen LogP contribution in [-0.4, -0.2) is 37.3 Å². The molecule has 1 saturated heterocycles. The van der Waals surface area contributed by atoms with Crippen molar-refractivity contribution in [1.29, 1.82) is 0 Å². The van der Waals surface area contributed by atoms with E-state index in [1.165, 1.54) is 19.3 Å². The molecule has 1 aliphatic rings. The summed E-state index contributed by atoms with van der Waals surface area (Å²) in [6.45, 7) is 7.66. The molecule has 2 unspecified atom stereocenters. The summed E-state index contributed by atoms with van der Waals surface area (Å²) in [4.78, 5) is 0. The molecular weight excluding hydrogens is 206 g/mol. The van der Waals surface area contributed by atoms with Crippen molar-refractivity contribution < 1.29 is 4.74 Å². The normalized spacial score (nSPS) is 22.6. The van der Waals surface area contributed by atoms with Gasteiger partial charge in [0.2, 0.25) is 0 Å². The predicted octanol–water partition coefficient (Wildman–Crippen LogP) is 2.53. The van der Waals surface area contributed by atoms with E-state index >= 15 is 0 Å². The van der Waals surface area contributed by atoms with Crippen LogP contribution in [0, 0.1) is 5.92 Å². The molecule has 2 atom stereocenters. The van der Waals surface area contributed by atoms with E-state index < -0.39 is 0 Å². The Morgan fingerprint density at radius 3 is 2.60 bits per heavy atom. The molecule has 0 saturated carbocycles. The molecule has 0 amide bonds. The SMILES string of the molecule is CSC(C)CNC(C)CC1CCOCC1. The molecule has 0 aromatic heterocycles. The molecule has 1 heterocycles. The van der Waals surface area contributed by atoms with E-state index in [0.717, 1.165) is 30.9 Å². The number of nitrogens with one attached hydrogen (secondary N) is 1. The van der Waals surface area contributed by atoms with E-state index in [0.29, 0.717) is 6.04 Å². The number of thioether (sulfide) groups is 1. The van der Waals surface area contributed by atoms with Crippen LogP contribution in [0.15, 0.2) is 0 Å². The fourth-order valence-corrected chi connectivity index (χ4v) is 2.28. The van der Waals surface area contributed by atoms with Crippen molar-refractivity contribution in [1.82, 2.24) is 5.32 Å². The molecule has 15 heavy (non-hydrogen) atoms. The van der Waals surface area contributed by atoms with Crippen LogP contribution in [0.5, 0.6) is 0 Å². The van der Waals surface area contributed by atoms with Gasteiger partial charge in [-0.3, -0.25) is 0 Å². The number of hydrogen-bond acceptors (Lipinski definition) is 3.